The minimum atomic E-state index is -4.13. The number of benzene rings is 1. The standard InChI is InChI=1S/C24H38N2O4/c1-14(2)9-17-13-26-8-7-16-10-21(28-5)22(29-6)11-18(16)19(26)12-20(17)30-24(27)23(25)15(3)4/h10-11,14-15,17,19-20,23H,7-9,12-13,25H2,1-6H3/t17?,19?,20?,23-/m0/s1/i1D3,3D3,4D3,5D3,9D2,10D,11D,14D,15D,19D,20D,23D/t14?,17?,19?,20?,23-. The van der Waals surface area contributed by atoms with Gasteiger partial charge < -0.3 is 19.9 Å². The predicted octanol–water partition coefficient (Wildman–Crippen LogP) is 3.56. The molecular weight excluding hydrogens is 380 g/mol. The molecule has 3 rings (SSSR count). The third-order valence-electron chi connectivity index (χ3n) is 4.86. The number of esters is 1. The summed E-state index contributed by atoms with van der Waals surface area (Å²) in [6, 6.07) is -7.92. The van der Waals surface area contributed by atoms with Gasteiger partial charge in [-0.1, -0.05) is 27.5 Å². The summed E-state index contributed by atoms with van der Waals surface area (Å²) in [7, 11) is -2.11. The van der Waals surface area contributed by atoms with Crippen molar-refractivity contribution in [2.24, 2.45) is 23.4 Å². The third-order valence-corrected chi connectivity index (χ3v) is 4.86. The Bertz CT molecular complexity index is 1520. The Morgan fingerprint density at radius 1 is 1.43 bits per heavy atom. The van der Waals surface area contributed by atoms with Crippen LogP contribution in [0.1, 0.15) is 86.2 Å². The summed E-state index contributed by atoms with van der Waals surface area (Å²) >= 11 is 0. The zero-order chi connectivity index (χ0) is 40.1. The number of rotatable bonds is 7. The summed E-state index contributed by atoms with van der Waals surface area (Å²) in [6.45, 7) is -11.9. The molecule has 6 nitrogen and oxygen atoms in total. The SMILES string of the molecule is [2H]c1c2c(c([2H])c(OC)c1OC([2H])([2H])[2H])C1([2H])CC([2H])(OC(=O)[C@@]([2H])(N)C([2H])(C([2H])([2H])[2H])C([2H])([2H])[2H])C(C([2H])([2H])C([2H])(C)C([2H])([2H])[2H])CN1CC2. The molecule has 0 aliphatic carbocycles. The molecule has 1 fully saturated rings. The summed E-state index contributed by atoms with van der Waals surface area (Å²) in [5.74, 6) is -13.1. The fourth-order valence-electron chi connectivity index (χ4n) is 3.47. The Hall–Kier alpha value is -1.79. The molecule has 1 aromatic rings. The molecule has 0 amide bonds. The van der Waals surface area contributed by atoms with Crippen LogP contribution in [0.5, 0.6) is 11.5 Å². The second-order valence-electron chi connectivity index (χ2n) is 6.85. The number of hydrogen-bond donors (Lipinski definition) is 1. The largest absolute Gasteiger partial charge is 0.493 e. The number of piperidine rings is 1. The minimum Gasteiger partial charge on any atom is -0.493 e. The normalized spacial score (nSPS) is 45.6. The molecule has 30 heavy (non-hydrogen) atoms. The van der Waals surface area contributed by atoms with Crippen molar-refractivity contribution in [1.82, 2.24) is 4.90 Å². The van der Waals surface area contributed by atoms with Gasteiger partial charge in [0.1, 0.15) is 12.1 Å². The molecule has 2 N–H and O–H groups in total. The quantitative estimate of drug-likeness (QED) is 0.655. The van der Waals surface area contributed by atoms with E-state index in [1.54, 1.807) is 0 Å². The Labute approximate surface area is 210 Å². The molecule has 1 aromatic carbocycles. The monoisotopic (exact) mass is 439 g/mol. The zero-order valence-electron chi connectivity index (χ0n) is 37.6. The van der Waals surface area contributed by atoms with Crippen molar-refractivity contribution < 1.29 is 47.8 Å². The summed E-state index contributed by atoms with van der Waals surface area (Å²) in [4.78, 5) is 14.9. The van der Waals surface area contributed by atoms with E-state index in [1.165, 1.54) is 0 Å². The molecule has 0 radical (unpaired) electrons. The molecule has 0 saturated carbocycles. The molecule has 2 aliphatic heterocycles. The summed E-state index contributed by atoms with van der Waals surface area (Å²) in [5.41, 5.74) is 5.10. The van der Waals surface area contributed by atoms with Crippen LogP contribution in [0, 0.1) is 17.7 Å². The predicted molar refractivity (Wildman–Crippen MR) is 118 cm³/mol. The van der Waals surface area contributed by atoms with Crippen LogP contribution >= 0.6 is 0 Å². The van der Waals surface area contributed by atoms with Gasteiger partial charge in [0.25, 0.3) is 0 Å². The topological polar surface area (TPSA) is 74.0 Å². The Morgan fingerprint density at radius 3 is 2.93 bits per heavy atom. The van der Waals surface area contributed by atoms with E-state index in [-0.39, 0.29) is 18.5 Å². The fourth-order valence-corrected chi connectivity index (χ4v) is 3.47. The number of carbonyl (C=O) groups is 1. The van der Waals surface area contributed by atoms with Crippen LogP contribution in [-0.4, -0.2) is 50.2 Å². The average molecular weight is 440 g/mol. The first-order chi connectivity index (χ1) is 22.4. The number of nitrogens with two attached hydrogens (primary N) is 1. The summed E-state index contributed by atoms with van der Waals surface area (Å²) in [6.07, 6.45) is -8.19. The maximum Gasteiger partial charge on any atom is 0.323 e. The van der Waals surface area contributed by atoms with Gasteiger partial charge in [-0.2, -0.15) is 0 Å². The number of nitrogens with zero attached hydrogens (tertiary/aromatic N) is 1. The molecular formula is C24H38N2O4. The van der Waals surface area contributed by atoms with Crippen LogP contribution < -0.4 is 15.2 Å². The number of carbonyl (C=O) groups excluding carboxylic acids is 1. The Balaban J connectivity index is 2.37. The highest BCUT2D eigenvalue weighted by Gasteiger charge is 2.41. The molecule has 0 bridgehead atoms. The lowest BCUT2D eigenvalue weighted by Gasteiger charge is -2.47. The molecule has 168 valence electrons. The molecule has 2 aliphatic rings. The van der Waals surface area contributed by atoms with Crippen molar-refractivity contribution in [1.29, 1.82) is 0 Å². The lowest BCUT2D eigenvalue weighted by molar-refractivity contribution is -0.160. The second-order valence-corrected chi connectivity index (χ2v) is 6.85. The van der Waals surface area contributed by atoms with E-state index < -0.39 is 118 Å². The van der Waals surface area contributed by atoms with Crippen molar-refractivity contribution in [2.75, 3.05) is 27.2 Å². The molecule has 1 saturated heterocycles. The number of methoxy groups -OCH3 is 2. The van der Waals surface area contributed by atoms with Gasteiger partial charge in [-0.15, -0.1) is 0 Å². The third kappa shape index (κ3) is 4.75. The number of hydrogen-bond acceptors (Lipinski definition) is 6. The highest BCUT2D eigenvalue weighted by atomic mass is 16.5. The first-order valence-electron chi connectivity index (χ1n) is 19.6. The van der Waals surface area contributed by atoms with Gasteiger partial charge in [-0.05, 0) is 47.8 Å². The van der Waals surface area contributed by atoms with Crippen LogP contribution in [0.3, 0.4) is 0 Å². The van der Waals surface area contributed by atoms with E-state index in [2.05, 4.69) is 0 Å². The van der Waals surface area contributed by atoms with Crippen molar-refractivity contribution >= 4 is 5.97 Å². The highest BCUT2D eigenvalue weighted by molar-refractivity contribution is 5.76. The first-order valence-corrected chi connectivity index (χ1v) is 9.07. The average Bonchev–Trinajstić information content (AvgIpc) is 2.91. The van der Waals surface area contributed by atoms with Crippen molar-refractivity contribution in [3.8, 4) is 11.5 Å². The second kappa shape index (κ2) is 9.56. The van der Waals surface area contributed by atoms with Gasteiger partial charge in [0, 0.05) is 49.3 Å². The van der Waals surface area contributed by atoms with Crippen LogP contribution in [-0.2, 0) is 16.0 Å². The number of ether oxygens (including phenoxy) is 3. The smallest absolute Gasteiger partial charge is 0.323 e. The van der Waals surface area contributed by atoms with Gasteiger partial charge in [0.15, 0.2) is 11.5 Å². The molecule has 0 aromatic heterocycles. The van der Waals surface area contributed by atoms with Crippen molar-refractivity contribution in [2.45, 2.75) is 64.8 Å². The molecule has 2 heterocycles. The van der Waals surface area contributed by atoms with Gasteiger partial charge in [0.05, 0.1) is 25.1 Å². The minimum absolute atomic E-state index is 0.155. The molecule has 5 atom stereocenters. The van der Waals surface area contributed by atoms with Gasteiger partial charge in [-0.3, -0.25) is 9.69 Å². The zero-order valence-corrected chi connectivity index (χ0v) is 16.6. The van der Waals surface area contributed by atoms with Crippen LogP contribution in [0.25, 0.3) is 0 Å². The van der Waals surface area contributed by atoms with E-state index in [4.69, 9.17) is 46.0 Å². The molecule has 4 unspecified atom stereocenters. The number of fused-ring (bicyclic) bond motifs is 3. The Kier molecular flexibility index (Phi) is 2.54. The lowest BCUT2D eigenvalue weighted by Crippen LogP contribution is -2.51. The fraction of sp³-hybridized carbons (Fsp3) is 0.708. The summed E-state index contributed by atoms with van der Waals surface area (Å²) < 4.78 is 187. The maximum absolute atomic E-state index is 13.7. The molecule has 0 spiro atoms. The van der Waals surface area contributed by atoms with Crippen molar-refractivity contribution in [3.63, 3.8) is 0 Å². The van der Waals surface area contributed by atoms with Gasteiger partial charge >= 0.3 is 5.97 Å². The van der Waals surface area contributed by atoms with Gasteiger partial charge in [0.2, 0.25) is 0 Å². The Morgan fingerprint density at radius 2 is 2.23 bits per heavy atom. The van der Waals surface area contributed by atoms with E-state index in [9.17, 15) is 7.54 Å². The highest BCUT2D eigenvalue weighted by Crippen LogP contribution is 2.44. The van der Waals surface area contributed by atoms with Crippen LogP contribution in [0.4, 0.5) is 0 Å². The maximum atomic E-state index is 13.7. The van der Waals surface area contributed by atoms with E-state index >= 15 is 0 Å². The van der Waals surface area contributed by atoms with Crippen LogP contribution in [0.15, 0.2) is 12.1 Å². The van der Waals surface area contributed by atoms with Crippen molar-refractivity contribution in [3.05, 3.63) is 23.2 Å². The van der Waals surface area contributed by atoms with E-state index in [0.29, 0.717) is 6.92 Å². The summed E-state index contributed by atoms with van der Waals surface area (Å²) in [5, 5.41) is 0. The van der Waals surface area contributed by atoms with Crippen LogP contribution in [0.2, 0.25) is 0 Å². The first kappa shape index (κ1) is 7.96. The molecule has 6 heteroatoms. The van der Waals surface area contributed by atoms with E-state index in [1.807, 2.05) is 0 Å². The lowest BCUT2D eigenvalue weighted by atomic mass is 9.79. The van der Waals surface area contributed by atoms with Gasteiger partial charge in [-0.25, -0.2) is 0 Å². The van der Waals surface area contributed by atoms with E-state index in [0.717, 1.165) is 12.0 Å².